The molecule has 1 heterocycles. The second-order valence-corrected chi connectivity index (χ2v) is 5.53. The van der Waals surface area contributed by atoms with Crippen LogP contribution in [0.1, 0.15) is 43.2 Å². The zero-order valence-electron chi connectivity index (χ0n) is 11.8. The highest BCUT2D eigenvalue weighted by molar-refractivity contribution is 5.66. The fraction of sp³-hybridized carbons (Fsp3) is 0.562. The first-order chi connectivity index (χ1) is 9.69. The largest absolute Gasteiger partial charge is 0.481 e. The summed E-state index contributed by atoms with van der Waals surface area (Å²) in [6.45, 7) is 1.99. The number of hydrogen-bond donors (Lipinski definition) is 2. The minimum atomic E-state index is -0.706. The van der Waals surface area contributed by atoms with Crippen molar-refractivity contribution in [2.24, 2.45) is 0 Å². The van der Waals surface area contributed by atoms with Crippen LogP contribution in [0.25, 0.3) is 0 Å². The Balaban J connectivity index is 1.94. The van der Waals surface area contributed by atoms with E-state index in [0.717, 1.165) is 31.5 Å². The number of carboxylic acids is 1. The fourth-order valence-electron chi connectivity index (χ4n) is 2.87. The molecule has 0 aromatic heterocycles. The van der Waals surface area contributed by atoms with Gasteiger partial charge in [0.25, 0.3) is 0 Å². The second kappa shape index (κ2) is 7.41. The van der Waals surface area contributed by atoms with Crippen molar-refractivity contribution >= 4 is 5.97 Å². The predicted molar refractivity (Wildman–Crippen MR) is 77.3 cm³/mol. The lowest BCUT2D eigenvalue weighted by Gasteiger charge is -2.35. The van der Waals surface area contributed by atoms with Gasteiger partial charge >= 0.3 is 5.97 Å². The van der Waals surface area contributed by atoms with Crippen LogP contribution in [0.5, 0.6) is 0 Å². The van der Waals surface area contributed by atoms with Gasteiger partial charge in [0, 0.05) is 19.0 Å². The molecule has 1 aliphatic heterocycles. The van der Waals surface area contributed by atoms with E-state index < -0.39 is 5.97 Å². The fourth-order valence-corrected chi connectivity index (χ4v) is 2.87. The molecule has 0 radical (unpaired) electrons. The number of hydrogen-bond acceptors (Lipinski definition) is 3. The molecule has 4 nitrogen and oxygen atoms in total. The van der Waals surface area contributed by atoms with Crippen LogP contribution >= 0.6 is 0 Å². The van der Waals surface area contributed by atoms with Crippen LogP contribution in [0.4, 0.5) is 0 Å². The lowest BCUT2D eigenvalue weighted by molar-refractivity contribution is -0.137. The number of benzene rings is 1. The monoisotopic (exact) mass is 277 g/mol. The van der Waals surface area contributed by atoms with E-state index in [1.807, 2.05) is 12.1 Å². The summed E-state index contributed by atoms with van der Waals surface area (Å²) in [6.07, 6.45) is 4.49. The number of carbonyl (C=O) groups is 1. The van der Waals surface area contributed by atoms with Gasteiger partial charge in [0.1, 0.15) is 0 Å². The molecule has 0 saturated carbocycles. The molecule has 2 N–H and O–H groups in total. The average molecular weight is 277 g/mol. The van der Waals surface area contributed by atoms with Crippen molar-refractivity contribution in [1.82, 2.24) is 4.90 Å². The van der Waals surface area contributed by atoms with Crippen LogP contribution < -0.4 is 0 Å². The van der Waals surface area contributed by atoms with Crippen molar-refractivity contribution in [2.75, 3.05) is 6.54 Å². The number of aliphatic hydroxyl groups is 1. The van der Waals surface area contributed by atoms with Gasteiger partial charge in [-0.3, -0.25) is 9.69 Å². The minimum Gasteiger partial charge on any atom is -0.481 e. The Labute approximate surface area is 120 Å². The molecule has 1 saturated heterocycles. The molecular formula is C16H23NO3. The maximum absolute atomic E-state index is 10.7. The Hall–Kier alpha value is -1.39. The van der Waals surface area contributed by atoms with Gasteiger partial charge in [-0.2, -0.15) is 0 Å². The van der Waals surface area contributed by atoms with Crippen LogP contribution in [0.15, 0.2) is 24.3 Å². The van der Waals surface area contributed by atoms with Crippen LogP contribution in [0.2, 0.25) is 0 Å². The van der Waals surface area contributed by atoms with Gasteiger partial charge < -0.3 is 10.2 Å². The minimum absolute atomic E-state index is 0.0746. The number of aliphatic hydroxyl groups excluding tert-OH is 1. The first-order valence-corrected chi connectivity index (χ1v) is 7.33. The molecule has 0 aliphatic carbocycles. The van der Waals surface area contributed by atoms with E-state index in [0.29, 0.717) is 6.04 Å². The van der Waals surface area contributed by atoms with Crippen LogP contribution in [0, 0.1) is 0 Å². The summed E-state index contributed by atoms with van der Waals surface area (Å²) in [5.41, 5.74) is 2.15. The summed E-state index contributed by atoms with van der Waals surface area (Å²) >= 11 is 0. The van der Waals surface area contributed by atoms with E-state index in [4.69, 9.17) is 10.2 Å². The summed E-state index contributed by atoms with van der Waals surface area (Å²) in [5, 5.41) is 17.9. The normalized spacial score (nSPS) is 19.9. The number of nitrogens with zero attached hydrogens (tertiary/aromatic N) is 1. The van der Waals surface area contributed by atoms with Crippen molar-refractivity contribution in [3.63, 3.8) is 0 Å². The Morgan fingerprint density at radius 1 is 1.20 bits per heavy atom. The number of rotatable bonds is 6. The molecule has 0 spiro atoms. The Bertz CT molecular complexity index is 430. The SMILES string of the molecule is O=C(O)CCC1CCCCN1Cc1ccc(CO)cc1. The molecule has 1 atom stereocenters. The second-order valence-electron chi connectivity index (χ2n) is 5.53. The third-order valence-electron chi connectivity index (χ3n) is 4.03. The molecule has 1 aromatic rings. The Morgan fingerprint density at radius 3 is 2.55 bits per heavy atom. The lowest BCUT2D eigenvalue weighted by Crippen LogP contribution is -2.39. The van der Waals surface area contributed by atoms with Crippen molar-refractivity contribution in [3.8, 4) is 0 Å². The third kappa shape index (κ3) is 4.32. The zero-order valence-corrected chi connectivity index (χ0v) is 11.8. The van der Waals surface area contributed by atoms with Gasteiger partial charge in [-0.15, -0.1) is 0 Å². The van der Waals surface area contributed by atoms with Gasteiger partial charge in [0.15, 0.2) is 0 Å². The molecule has 110 valence electrons. The van der Waals surface area contributed by atoms with Gasteiger partial charge in [-0.1, -0.05) is 30.7 Å². The van der Waals surface area contributed by atoms with Crippen LogP contribution in [0.3, 0.4) is 0 Å². The van der Waals surface area contributed by atoms with Crippen molar-refractivity contribution in [3.05, 3.63) is 35.4 Å². The van der Waals surface area contributed by atoms with Gasteiger partial charge in [-0.25, -0.2) is 0 Å². The molecule has 0 bridgehead atoms. The zero-order chi connectivity index (χ0) is 14.4. The number of aliphatic carboxylic acids is 1. The molecular weight excluding hydrogens is 254 g/mol. The van der Waals surface area contributed by atoms with E-state index in [2.05, 4.69) is 17.0 Å². The molecule has 0 amide bonds. The standard InChI is InChI=1S/C16H23NO3/c18-12-14-6-4-13(5-7-14)11-17-10-2-1-3-15(17)8-9-16(19)20/h4-7,15,18H,1-3,8-12H2,(H,19,20). The highest BCUT2D eigenvalue weighted by Gasteiger charge is 2.22. The topological polar surface area (TPSA) is 60.8 Å². The first kappa shape index (κ1) is 15.0. The van der Waals surface area contributed by atoms with Gasteiger partial charge in [0.2, 0.25) is 0 Å². The quantitative estimate of drug-likeness (QED) is 0.838. The lowest BCUT2D eigenvalue weighted by atomic mass is 9.97. The summed E-state index contributed by atoms with van der Waals surface area (Å²) in [4.78, 5) is 13.1. The highest BCUT2D eigenvalue weighted by atomic mass is 16.4. The van der Waals surface area contributed by atoms with E-state index in [1.165, 1.54) is 18.4 Å². The van der Waals surface area contributed by atoms with Crippen LogP contribution in [-0.2, 0) is 17.9 Å². The van der Waals surface area contributed by atoms with E-state index in [-0.39, 0.29) is 13.0 Å². The maximum atomic E-state index is 10.7. The van der Waals surface area contributed by atoms with Crippen molar-refractivity contribution in [1.29, 1.82) is 0 Å². The molecule has 1 aliphatic rings. The Kier molecular flexibility index (Phi) is 5.56. The third-order valence-corrected chi connectivity index (χ3v) is 4.03. The molecule has 2 rings (SSSR count). The van der Waals surface area contributed by atoms with Gasteiger partial charge in [-0.05, 0) is 36.9 Å². The number of likely N-dealkylation sites (tertiary alicyclic amines) is 1. The summed E-state index contributed by atoms with van der Waals surface area (Å²) in [5.74, 6) is -0.706. The molecule has 20 heavy (non-hydrogen) atoms. The maximum Gasteiger partial charge on any atom is 0.303 e. The highest BCUT2D eigenvalue weighted by Crippen LogP contribution is 2.23. The van der Waals surface area contributed by atoms with E-state index >= 15 is 0 Å². The van der Waals surface area contributed by atoms with Gasteiger partial charge in [0.05, 0.1) is 6.61 Å². The average Bonchev–Trinajstić information content (AvgIpc) is 2.47. The number of piperidine rings is 1. The summed E-state index contributed by atoms with van der Waals surface area (Å²) in [7, 11) is 0. The Morgan fingerprint density at radius 2 is 1.90 bits per heavy atom. The molecule has 4 heteroatoms. The van der Waals surface area contributed by atoms with E-state index in [9.17, 15) is 4.79 Å². The van der Waals surface area contributed by atoms with E-state index in [1.54, 1.807) is 0 Å². The van der Waals surface area contributed by atoms with Crippen molar-refractivity contribution in [2.45, 2.75) is 51.3 Å². The number of carboxylic acid groups (broad SMARTS) is 1. The first-order valence-electron chi connectivity index (χ1n) is 7.33. The van der Waals surface area contributed by atoms with Crippen LogP contribution in [-0.4, -0.2) is 33.7 Å². The molecule has 1 fully saturated rings. The summed E-state index contributed by atoms with van der Waals surface area (Å²) < 4.78 is 0. The predicted octanol–water partition coefficient (Wildman–Crippen LogP) is 2.40. The van der Waals surface area contributed by atoms with Crippen molar-refractivity contribution < 1.29 is 15.0 Å². The smallest absolute Gasteiger partial charge is 0.303 e. The molecule has 1 aromatic carbocycles. The summed E-state index contributed by atoms with van der Waals surface area (Å²) in [6, 6.07) is 8.39. The molecule has 1 unspecified atom stereocenters.